The van der Waals surface area contributed by atoms with Crippen LogP contribution in [0.1, 0.15) is 12.8 Å². The monoisotopic (exact) mass is 485 g/mol. The Morgan fingerprint density at radius 2 is 0.941 bits per heavy atom. The lowest BCUT2D eigenvalue weighted by atomic mass is 10.1. The first-order valence-corrected chi connectivity index (χ1v) is 12.4. The highest BCUT2D eigenvalue weighted by atomic mass is 16.6. The molecule has 9 heteroatoms. The molecule has 2 rings (SSSR count). The molecule has 0 atom stereocenters. The number of ether oxygens (including phenoxy) is 8. The molecule has 1 fully saturated rings. The van der Waals surface area contributed by atoms with Crippen molar-refractivity contribution in [2.75, 3.05) is 106 Å². The Labute approximate surface area is 204 Å². The largest absolute Gasteiger partial charge is 0.491 e. The predicted octanol–water partition coefficient (Wildman–Crippen LogP) is 1.93. The summed E-state index contributed by atoms with van der Waals surface area (Å²) < 4.78 is 44.2. The molecule has 9 nitrogen and oxygen atoms in total. The number of para-hydroxylation sites is 1. The Hall–Kier alpha value is -1.30. The highest BCUT2D eigenvalue weighted by Gasteiger charge is 2.12. The molecule has 196 valence electrons. The van der Waals surface area contributed by atoms with Crippen LogP contribution in [0, 0.1) is 0 Å². The fraction of sp³-hybridized carbons (Fsp3) is 0.760. The summed E-state index contributed by atoms with van der Waals surface area (Å²) in [5.74, 6) is 0.852. The summed E-state index contributed by atoms with van der Waals surface area (Å²) in [7, 11) is 0. The third-order valence-corrected chi connectivity index (χ3v) is 4.97. The summed E-state index contributed by atoms with van der Waals surface area (Å²) in [6.07, 6.45) is 2.56. The van der Waals surface area contributed by atoms with Gasteiger partial charge in [-0.25, -0.2) is 0 Å². The Morgan fingerprint density at radius 3 is 1.41 bits per heavy atom. The lowest BCUT2D eigenvalue weighted by Crippen LogP contribution is -2.33. The smallest absolute Gasteiger partial charge is 0.119 e. The molecule has 1 aliphatic rings. The average Bonchev–Trinajstić information content (AvgIpc) is 2.88. The summed E-state index contributed by atoms with van der Waals surface area (Å²) in [6.45, 7) is 9.89. The van der Waals surface area contributed by atoms with Gasteiger partial charge in [-0.05, 0) is 38.1 Å². The molecular weight excluding hydrogens is 442 g/mol. The predicted molar refractivity (Wildman–Crippen MR) is 129 cm³/mol. The van der Waals surface area contributed by atoms with E-state index in [-0.39, 0.29) is 0 Å². The Kier molecular flexibility index (Phi) is 18.9. The van der Waals surface area contributed by atoms with Crippen LogP contribution >= 0.6 is 0 Å². The van der Waals surface area contributed by atoms with Crippen LogP contribution in [0.15, 0.2) is 30.3 Å². The van der Waals surface area contributed by atoms with Crippen molar-refractivity contribution in [3.63, 3.8) is 0 Å². The molecule has 0 aliphatic carbocycles. The Morgan fingerprint density at radius 1 is 0.529 bits per heavy atom. The second kappa shape index (κ2) is 22.2. The van der Waals surface area contributed by atoms with E-state index in [4.69, 9.17) is 37.9 Å². The number of hydrogen-bond donors (Lipinski definition) is 1. The number of nitrogens with one attached hydrogen (secondary N) is 1. The minimum absolute atomic E-state index is 0.380. The minimum atomic E-state index is 0.380. The molecule has 0 unspecified atom stereocenters. The standard InChI is InChI=1S/C25H43NO8/c1-2-4-24(5-3-1)33-22-20-31-18-16-29-14-12-27-10-11-28-13-15-30-17-19-32-21-23-34-25-6-8-26-9-7-25/h1-5,25-26H,6-23H2. The summed E-state index contributed by atoms with van der Waals surface area (Å²) in [6, 6.07) is 9.70. The first-order valence-electron chi connectivity index (χ1n) is 12.4. The van der Waals surface area contributed by atoms with Crippen LogP contribution < -0.4 is 10.1 Å². The molecule has 0 amide bonds. The third kappa shape index (κ3) is 17.2. The van der Waals surface area contributed by atoms with Gasteiger partial charge in [-0.2, -0.15) is 0 Å². The lowest BCUT2D eigenvalue weighted by molar-refractivity contribution is -0.0308. The van der Waals surface area contributed by atoms with Gasteiger partial charge in [0.05, 0.1) is 92.0 Å². The van der Waals surface area contributed by atoms with E-state index >= 15 is 0 Å². The van der Waals surface area contributed by atoms with Crippen molar-refractivity contribution < 1.29 is 37.9 Å². The zero-order valence-corrected chi connectivity index (χ0v) is 20.5. The van der Waals surface area contributed by atoms with E-state index in [0.717, 1.165) is 31.7 Å². The van der Waals surface area contributed by atoms with Crippen LogP contribution in [0.25, 0.3) is 0 Å². The van der Waals surface area contributed by atoms with Crippen LogP contribution in [-0.2, 0) is 33.2 Å². The Balaban J connectivity index is 1.17. The van der Waals surface area contributed by atoms with Gasteiger partial charge in [0.2, 0.25) is 0 Å². The number of rotatable bonds is 23. The van der Waals surface area contributed by atoms with E-state index in [0.29, 0.717) is 98.6 Å². The van der Waals surface area contributed by atoms with Crippen molar-refractivity contribution in [1.29, 1.82) is 0 Å². The zero-order valence-electron chi connectivity index (χ0n) is 20.5. The van der Waals surface area contributed by atoms with Gasteiger partial charge in [0, 0.05) is 0 Å². The van der Waals surface area contributed by atoms with Crippen molar-refractivity contribution in [3.05, 3.63) is 30.3 Å². The maximum atomic E-state index is 5.78. The van der Waals surface area contributed by atoms with Crippen LogP contribution in [-0.4, -0.2) is 112 Å². The van der Waals surface area contributed by atoms with E-state index < -0.39 is 0 Å². The van der Waals surface area contributed by atoms with Crippen molar-refractivity contribution >= 4 is 0 Å². The Bertz CT molecular complexity index is 545. The van der Waals surface area contributed by atoms with Crippen LogP contribution in [0.2, 0.25) is 0 Å². The van der Waals surface area contributed by atoms with Crippen LogP contribution in [0.4, 0.5) is 0 Å². The highest BCUT2D eigenvalue weighted by Crippen LogP contribution is 2.07. The molecule has 0 saturated carbocycles. The molecule has 1 saturated heterocycles. The van der Waals surface area contributed by atoms with Crippen LogP contribution in [0.5, 0.6) is 5.75 Å². The lowest BCUT2D eigenvalue weighted by Gasteiger charge is -2.22. The van der Waals surface area contributed by atoms with E-state index in [2.05, 4.69) is 5.32 Å². The molecule has 34 heavy (non-hydrogen) atoms. The zero-order chi connectivity index (χ0) is 23.8. The fourth-order valence-corrected chi connectivity index (χ4v) is 3.17. The average molecular weight is 486 g/mol. The van der Waals surface area contributed by atoms with Gasteiger partial charge in [-0.15, -0.1) is 0 Å². The topological polar surface area (TPSA) is 85.9 Å². The molecule has 1 aromatic rings. The normalized spacial score (nSPS) is 14.5. The second-order valence-corrected chi connectivity index (χ2v) is 7.66. The van der Waals surface area contributed by atoms with Gasteiger partial charge in [-0.3, -0.25) is 0 Å². The van der Waals surface area contributed by atoms with Gasteiger partial charge in [-0.1, -0.05) is 18.2 Å². The van der Waals surface area contributed by atoms with Gasteiger partial charge >= 0.3 is 0 Å². The molecule has 1 aromatic carbocycles. The minimum Gasteiger partial charge on any atom is -0.491 e. The van der Waals surface area contributed by atoms with E-state index in [1.807, 2.05) is 30.3 Å². The van der Waals surface area contributed by atoms with E-state index in [1.165, 1.54) is 0 Å². The maximum Gasteiger partial charge on any atom is 0.119 e. The molecule has 0 radical (unpaired) electrons. The van der Waals surface area contributed by atoms with Crippen molar-refractivity contribution in [2.24, 2.45) is 0 Å². The van der Waals surface area contributed by atoms with E-state index in [9.17, 15) is 0 Å². The second-order valence-electron chi connectivity index (χ2n) is 7.66. The fourth-order valence-electron chi connectivity index (χ4n) is 3.17. The molecule has 1 aliphatic heterocycles. The molecular formula is C25H43NO8. The highest BCUT2D eigenvalue weighted by molar-refractivity contribution is 5.20. The summed E-state index contributed by atoms with van der Waals surface area (Å²) in [5, 5.41) is 3.33. The van der Waals surface area contributed by atoms with Crippen molar-refractivity contribution in [2.45, 2.75) is 18.9 Å². The molecule has 1 N–H and O–H groups in total. The maximum absolute atomic E-state index is 5.78. The van der Waals surface area contributed by atoms with Gasteiger partial charge in [0.25, 0.3) is 0 Å². The SMILES string of the molecule is c1ccc(OCCOCCOCCOCCOCCOCCOCCOC2CCNCC2)cc1. The molecule has 0 aromatic heterocycles. The first-order chi connectivity index (χ1) is 16.9. The number of hydrogen-bond acceptors (Lipinski definition) is 9. The summed E-state index contributed by atoms with van der Waals surface area (Å²) >= 11 is 0. The summed E-state index contributed by atoms with van der Waals surface area (Å²) in [4.78, 5) is 0. The molecule has 0 spiro atoms. The molecule has 1 heterocycles. The third-order valence-electron chi connectivity index (χ3n) is 4.97. The van der Waals surface area contributed by atoms with Crippen LogP contribution in [0.3, 0.4) is 0 Å². The van der Waals surface area contributed by atoms with Crippen molar-refractivity contribution in [3.8, 4) is 5.75 Å². The first kappa shape index (κ1) is 28.9. The quantitative estimate of drug-likeness (QED) is 0.234. The van der Waals surface area contributed by atoms with Gasteiger partial charge < -0.3 is 43.2 Å². The van der Waals surface area contributed by atoms with Crippen molar-refractivity contribution in [1.82, 2.24) is 5.32 Å². The van der Waals surface area contributed by atoms with Gasteiger partial charge in [0.15, 0.2) is 0 Å². The van der Waals surface area contributed by atoms with E-state index in [1.54, 1.807) is 0 Å². The number of piperidine rings is 1. The van der Waals surface area contributed by atoms with Gasteiger partial charge in [0.1, 0.15) is 12.4 Å². The summed E-state index contributed by atoms with van der Waals surface area (Å²) in [5.41, 5.74) is 0. The number of benzene rings is 1. The molecule has 0 bridgehead atoms.